The van der Waals surface area contributed by atoms with Gasteiger partial charge in [0, 0.05) is 36.6 Å². The number of carbonyl (C=O) groups excluding carboxylic acids is 1. The summed E-state index contributed by atoms with van der Waals surface area (Å²) in [6, 6.07) is 18.8. The Morgan fingerprint density at radius 1 is 1.03 bits per heavy atom. The molecule has 2 fully saturated rings. The molecule has 0 atom stereocenters. The van der Waals surface area contributed by atoms with Crippen LogP contribution in [-0.4, -0.2) is 40.6 Å². The summed E-state index contributed by atoms with van der Waals surface area (Å²) >= 11 is 0. The van der Waals surface area contributed by atoms with Crippen molar-refractivity contribution in [1.82, 2.24) is 14.5 Å². The number of likely N-dealkylation sites (tertiary alicyclic amines) is 1. The zero-order chi connectivity index (χ0) is 21.4. The van der Waals surface area contributed by atoms with Gasteiger partial charge in [0.15, 0.2) is 0 Å². The first-order valence-electron chi connectivity index (χ1n) is 11.2. The second kappa shape index (κ2) is 7.88. The molecule has 2 aromatic carbocycles. The van der Waals surface area contributed by atoms with E-state index >= 15 is 0 Å². The maximum Gasteiger partial charge on any atom is 0.233 e. The van der Waals surface area contributed by atoms with Gasteiger partial charge in [-0.1, -0.05) is 42.5 Å². The van der Waals surface area contributed by atoms with Crippen LogP contribution in [0.1, 0.15) is 43.0 Å². The van der Waals surface area contributed by atoms with Gasteiger partial charge in [-0.3, -0.25) is 4.79 Å². The third kappa shape index (κ3) is 3.52. The molecule has 2 heterocycles. The number of hydrogen-bond donors (Lipinski definition) is 0. The van der Waals surface area contributed by atoms with E-state index in [1.165, 1.54) is 5.69 Å². The Labute approximate surface area is 183 Å². The summed E-state index contributed by atoms with van der Waals surface area (Å²) in [5.41, 5.74) is 3.13. The molecule has 0 radical (unpaired) electrons. The van der Waals surface area contributed by atoms with Crippen LogP contribution in [0.5, 0.6) is 5.75 Å². The van der Waals surface area contributed by atoms with Crippen molar-refractivity contribution in [3.8, 4) is 17.1 Å². The summed E-state index contributed by atoms with van der Waals surface area (Å²) < 4.78 is 7.64. The molecule has 0 unspecified atom stereocenters. The minimum Gasteiger partial charge on any atom is -0.497 e. The summed E-state index contributed by atoms with van der Waals surface area (Å²) in [5.74, 6) is 2.15. The van der Waals surface area contributed by atoms with Crippen LogP contribution in [0.15, 0.2) is 60.8 Å². The normalized spacial score (nSPS) is 18.1. The topological polar surface area (TPSA) is 47.4 Å². The van der Waals surface area contributed by atoms with Crippen molar-refractivity contribution >= 4 is 5.91 Å². The molecule has 5 rings (SSSR count). The van der Waals surface area contributed by atoms with E-state index < -0.39 is 0 Å². The van der Waals surface area contributed by atoms with E-state index in [4.69, 9.17) is 9.72 Å². The third-order valence-electron chi connectivity index (χ3n) is 6.93. The fourth-order valence-electron chi connectivity index (χ4n) is 5.00. The van der Waals surface area contributed by atoms with Crippen LogP contribution in [0.25, 0.3) is 11.4 Å². The Bertz CT molecular complexity index is 1060. The van der Waals surface area contributed by atoms with Crippen LogP contribution >= 0.6 is 0 Å². The smallest absolute Gasteiger partial charge is 0.233 e. The zero-order valence-corrected chi connectivity index (χ0v) is 18.3. The van der Waals surface area contributed by atoms with Crippen molar-refractivity contribution < 1.29 is 9.53 Å². The SMILES string of the molecule is COc1ccc(C2(C(=O)N3CCC(n4c(C)cnc4-c4ccccc4)CC3)CC2)cc1. The first-order valence-corrected chi connectivity index (χ1v) is 11.2. The Hall–Kier alpha value is -3.08. The third-order valence-corrected chi connectivity index (χ3v) is 6.93. The summed E-state index contributed by atoms with van der Waals surface area (Å²) in [5, 5.41) is 0. The van der Waals surface area contributed by atoms with E-state index in [1.807, 2.05) is 24.4 Å². The number of ether oxygens (including phenoxy) is 1. The second-order valence-electron chi connectivity index (χ2n) is 8.79. The van der Waals surface area contributed by atoms with Crippen LogP contribution < -0.4 is 4.74 Å². The number of nitrogens with zero attached hydrogens (tertiary/aromatic N) is 3. The number of piperidine rings is 1. The molecule has 1 aliphatic heterocycles. The van der Waals surface area contributed by atoms with Gasteiger partial charge in [-0.05, 0) is 50.3 Å². The molecule has 0 bridgehead atoms. The van der Waals surface area contributed by atoms with Crippen LogP contribution in [0.3, 0.4) is 0 Å². The number of aryl methyl sites for hydroxylation is 1. The highest BCUT2D eigenvalue weighted by Gasteiger charge is 2.53. The molecule has 0 N–H and O–H groups in total. The molecule has 2 aliphatic rings. The first kappa shape index (κ1) is 19.9. The number of hydrogen-bond acceptors (Lipinski definition) is 3. The lowest BCUT2D eigenvalue weighted by atomic mass is 9.92. The molecule has 5 nitrogen and oxygen atoms in total. The fraction of sp³-hybridized carbons (Fsp3) is 0.385. The van der Waals surface area contributed by atoms with Crippen LogP contribution in [0, 0.1) is 6.92 Å². The van der Waals surface area contributed by atoms with E-state index in [1.54, 1.807) is 7.11 Å². The number of benzene rings is 2. The molecular formula is C26H29N3O2. The van der Waals surface area contributed by atoms with Gasteiger partial charge in [-0.25, -0.2) is 4.98 Å². The average molecular weight is 416 g/mol. The Balaban J connectivity index is 1.30. The number of carbonyl (C=O) groups is 1. The molecule has 1 amide bonds. The maximum absolute atomic E-state index is 13.5. The largest absolute Gasteiger partial charge is 0.497 e. The molecule has 1 saturated heterocycles. The van der Waals surface area contributed by atoms with Crippen molar-refractivity contribution in [2.45, 2.75) is 44.1 Å². The van der Waals surface area contributed by atoms with Gasteiger partial charge >= 0.3 is 0 Å². The van der Waals surface area contributed by atoms with Gasteiger partial charge < -0.3 is 14.2 Å². The van der Waals surface area contributed by atoms with Crippen molar-refractivity contribution in [3.63, 3.8) is 0 Å². The van der Waals surface area contributed by atoms with E-state index in [2.05, 4.69) is 52.8 Å². The van der Waals surface area contributed by atoms with Crippen molar-refractivity contribution in [3.05, 3.63) is 72.1 Å². The molecule has 1 aromatic heterocycles. The predicted octanol–water partition coefficient (Wildman–Crippen LogP) is 4.76. The quantitative estimate of drug-likeness (QED) is 0.603. The zero-order valence-electron chi connectivity index (χ0n) is 18.3. The van der Waals surface area contributed by atoms with Crippen LogP contribution in [0.4, 0.5) is 0 Å². The van der Waals surface area contributed by atoms with Gasteiger partial charge in [0.05, 0.1) is 12.5 Å². The molecular weight excluding hydrogens is 386 g/mol. The van der Waals surface area contributed by atoms with Crippen LogP contribution in [0.2, 0.25) is 0 Å². The van der Waals surface area contributed by atoms with Crippen molar-refractivity contribution in [2.24, 2.45) is 0 Å². The van der Waals surface area contributed by atoms with E-state index in [9.17, 15) is 4.79 Å². The van der Waals surface area contributed by atoms with Gasteiger partial charge in [-0.2, -0.15) is 0 Å². The standard InChI is InChI=1S/C26H29N3O2/c1-19-18-27-24(20-6-4-3-5-7-20)29(19)22-12-16-28(17-13-22)25(30)26(14-15-26)21-8-10-23(31-2)11-9-21/h3-11,18,22H,12-17H2,1-2H3. The minimum atomic E-state index is -0.320. The highest BCUT2D eigenvalue weighted by Crippen LogP contribution is 2.50. The van der Waals surface area contributed by atoms with Crippen molar-refractivity contribution in [1.29, 1.82) is 0 Å². The summed E-state index contributed by atoms with van der Waals surface area (Å²) in [4.78, 5) is 20.2. The average Bonchev–Trinajstić information content (AvgIpc) is 3.55. The Morgan fingerprint density at radius 3 is 2.32 bits per heavy atom. The summed E-state index contributed by atoms with van der Waals surface area (Å²) in [6.07, 6.45) is 5.76. The van der Waals surface area contributed by atoms with E-state index in [-0.39, 0.29) is 5.41 Å². The predicted molar refractivity (Wildman–Crippen MR) is 121 cm³/mol. The van der Waals surface area contributed by atoms with Gasteiger partial charge in [0.1, 0.15) is 11.6 Å². The first-order chi connectivity index (χ1) is 15.1. The highest BCUT2D eigenvalue weighted by molar-refractivity contribution is 5.91. The molecule has 0 spiro atoms. The number of amides is 1. The monoisotopic (exact) mass is 415 g/mol. The maximum atomic E-state index is 13.5. The van der Waals surface area contributed by atoms with Crippen LogP contribution in [-0.2, 0) is 10.2 Å². The summed E-state index contributed by atoms with van der Waals surface area (Å²) in [7, 11) is 1.67. The summed E-state index contributed by atoms with van der Waals surface area (Å²) in [6.45, 7) is 3.72. The number of rotatable bonds is 5. The minimum absolute atomic E-state index is 0.293. The lowest BCUT2D eigenvalue weighted by Crippen LogP contribution is -2.44. The molecule has 31 heavy (non-hydrogen) atoms. The number of methoxy groups -OCH3 is 1. The van der Waals surface area contributed by atoms with Gasteiger partial charge in [0.2, 0.25) is 5.91 Å². The molecule has 3 aromatic rings. The number of imidazole rings is 1. The lowest BCUT2D eigenvalue weighted by Gasteiger charge is -2.36. The molecule has 5 heteroatoms. The van der Waals surface area contributed by atoms with Gasteiger partial charge in [0.25, 0.3) is 0 Å². The highest BCUT2D eigenvalue weighted by atomic mass is 16.5. The van der Waals surface area contributed by atoms with E-state index in [0.717, 1.165) is 61.5 Å². The molecule has 1 saturated carbocycles. The van der Waals surface area contributed by atoms with Crippen molar-refractivity contribution in [2.75, 3.05) is 20.2 Å². The fourth-order valence-corrected chi connectivity index (χ4v) is 5.00. The number of aromatic nitrogens is 2. The molecule has 1 aliphatic carbocycles. The Morgan fingerprint density at radius 2 is 1.71 bits per heavy atom. The lowest BCUT2D eigenvalue weighted by molar-refractivity contribution is -0.135. The Kier molecular flexibility index (Phi) is 5.05. The van der Waals surface area contributed by atoms with Gasteiger partial charge in [-0.15, -0.1) is 0 Å². The molecule has 160 valence electrons. The van der Waals surface area contributed by atoms with E-state index in [0.29, 0.717) is 11.9 Å². The second-order valence-corrected chi connectivity index (χ2v) is 8.79.